The molecule has 0 unspecified atom stereocenters. The van der Waals surface area contributed by atoms with Gasteiger partial charge >= 0.3 is 0 Å². The van der Waals surface area contributed by atoms with Gasteiger partial charge in [0.25, 0.3) is 0 Å². The molecule has 0 amide bonds. The molecule has 0 radical (unpaired) electrons. The lowest BCUT2D eigenvalue weighted by Crippen LogP contribution is -2.37. The van der Waals surface area contributed by atoms with Crippen LogP contribution >= 0.6 is 0 Å². The van der Waals surface area contributed by atoms with Gasteiger partial charge in [0.2, 0.25) is 0 Å². The molecule has 0 aromatic carbocycles. The fraction of sp³-hybridized carbons (Fsp3) is 0.857. The summed E-state index contributed by atoms with van der Waals surface area (Å²) in [6.07, 6.45) is 2.12. The van der Waals surface area contributed by atoms with Crippen molar-refractivity contribution in [2.75, 3.05) is 25.1 Å². The topological polar surface area (TPSA) is 20.3 Å². The van der Waals surface area contributed by atoms with Crippen LogP contribution in [0.4, 0.5) is 0 Å². The molecule has 0 atom stereocenters. The van der Waals surface area contributed by atoms with Gasteiger partial charge in [-0.05, 0) is 19.9 Å². The zero-order valence-corrected chi connectivity index (χ0v) is 12.8. The summed E-state index contributed by atoms with van der Waals surface area (Å²) in [6.45, 7) is 9.06. The van der Waals surface area contributed by atoms with E-state index in [0.717, 1.165) is 30.9 Å². The first-order valence-corrected chi connectivity index (χ1v) is 8.12. The highest BCUT2D eigenvalue weighted by atomic mass is 32.2. The molecule has 1 rings (SSSR count). The van der Waals surface area contributed by atoms with Crippen molar-refractivity contribution in [3.8, 4) is 11.8 Å². The van der Waals surface area contributed by atoms with E-state index in [-0.39, 0.29) is 0 Å². The summed E-state index contributed by atoms with van der Waals surface area (Å²) >= 11 is 0. The standard InChI is InChI=1S/C12H21NOS.C2H6/c1-11(2)5-4-8-13(3)12-6-9-15(14)10-7-12;1-2/h11-12H,6-10H2,1-3H3;1-2H3. The van der Waals surface area contributed by atoms with Crippen LogP contribution in [-0.4, -0.2) is 40.2 Å². The van der Waals surface area contributed by atoms with Crippen LogP contribution in [0.2, 0.25) is 0 Å². The first kappa shape index (κ1) is 16.7. The highest BCUT2D eigenvalue weighted by molar-refractivity contribution is 7.85. The van der Waals surface area contributed by atoms with Gasteiger partial charge in [-0.2, -0.15) is 0 Å². The number of hydrogen-bond donors (Lipinski definition) is 0. The fourth-order valence-corrected chi connectivity index (χ4v) is 3.00. The minimum Gasteiger partial charge on any atom is -0.292 e. The molecule has 0 spiro atoms. The maximum atomic E-state index is 11.2. The minimum atomic E-state index is -0.553. The molecule has 3 heteroatoms. The summed E-state index contributed by atoms with van der Waals surface area (Å²) in [5.74, 6) is 8.56. The summed E-state index contributed by atoms with van der Waals surface area (Å²) in [6, 6.07) is 0.587. The summed E-state index contributed by atoms with van der Waals surface area (Å²) in [4.78, 5) is 2.30. The van der Waals surface area contributed by atoms with E-state index >= 15 is 0 Å². The Kier molecular flexibility index (Phi) is 9.49. The molecule has 0 aromatic rings. The molecule has 1 fully saturated rings. The predicted molar refractivity (Wildman–Crippen MR) is 77.5 cm³/mol. The predicted octanol–water partition coefficient (Wildman–Crippen LogP) is 2.51. The first-order chi connectivity index (χ1) is 8.09. The Morgan fingerprint density at radius 1 is 1.29 bits per heavy atom. The molecule has 0 aliphatic carbocycles. The van der Waals surface area contributed by atoms with Crippen LogP contribution in [0.15, 0.2) is 0 Å². The molecule has 100 valence electrons. The van der Waals surface area contributed by atoms with Gasteiger partial charge < -0.3 is 0 Å². The SMILES string of the molecule is CC.CC(C)C#CCN(C)C1CCS(=O)CC1. The molecule has 2 nitrogen and oxygen atoms in total. The Morgan fingerprint density at radius 2 is 1.82 bits per heavy atom. The summed E-state index contributed by atoms with van der Waals surface area (Å²) in [5.41, 5.74) is 0. The molecule has 1 aliphatic heterocycles. The monoisotopic (exact) mass is 257 g/mol. The van der Waals surface area contributed by atoms with Crippen LogP contribution in [0.25, 0.3) is 0 Å². The van der Waals surface area contributed by atoms with Crippen molar-refractivity contribution in [3.05, 3.63) is 0 Å². The minimum absolute atomic E-state index is 0.456. The largest absolute Gasteiger partial charge is 0.292 e. The van der Waals surface area contributed by atoms with Gasteiger partial charge in [0.15, 0.2) is 0 Å². The van der Waals surface area contributed by atoms with Crippen molar-refractivity contribution < 1.29 is 4.21 Å². The quantitative estimate of drug-likeness (QED) is 0.709. The average Bonchev–Trinajstić information content (AvgIpc) is 2.32. The van der Waals surface area contributed by atoms with Crippen molar-refractivity contribution in [2.24, 2.45) is 5.92 Å². The van der Waals surface area contributed by atoms with Crippen LogP contribution in [0.1, 0.15) is 40.5 Å². The van der Waals surface area contributed by atoms with Crippen LogP contribution < -0.4 is 0 Å². The molecule has 0 N–H and O–H groups in total. The lowest BCUT2D eigenvalue weighted by atomic mass is 10.1. The van der Waals surface area contributed by atoms with Gasteiger partial charge in [-0.3, -0.25) is 9.11 Å². The average molecular weight is 257 g/mol. The van der Waals surface area contributed by atoms with E-state index in [1.54, 1.807) is 0 Å². The molecule has 1 saturated heterocycles. The van der Waals surface area contributed by atoms with Gasteiger partial charge in [-0.25, -0.2) is 0 Å². The number of rotatable bonds is 2. The molecule has 1 aliphatic rings. The van der Waals surface area contributed by atoms with E-state index in [4.69, 9.17) is 0 Å². The maximum absolute atomic E-state index is 11.2. The molecule has 1 heterocycles. The Balaban J connectivity index is 0.00000121. The summed E-state index contributed by atoms with van der Waals surface area (Å²) in [7, 11) is 1.57. The molecular formula is C14H27NOS. The Morgan fingerprint density at radius 3 is 2.29 bits per heavy atom. The van der Waals surface area contributed by atoms with E-state index in [1.807, 2.05) is 13.8 Å². The second kappa shape index (κ2) is 9.67. The third kappa shape index (κ3) is 7.57. The van der Waals surface area contributed by atoms with Gasteiger partial charge in [0, 0.05) is 34.3 Å². The van der Waals surface area contributed by atoms with Crippen molar-refractivity contribution in [3.63, 3.8) is 0 Å². The van der Waals surface area contributed by atoms with Crippen molar-refractivity contribution in [1.29, 1.82) is 0 Å². The van der Waals surface area contributed by atoms with Crippen LogP contribution in [-0.2, 0) is 10.8 Å². The molecule has 17 heavy (non-hydrogen) atoms. The molecular weight excluding hydrogens is 230 g/mol. The Hall–Kier alpha value is -0.330. The van der Waals surface area contributed by atoms with Crippen LogP contribution in [0.5, 0.6) is 0 Å². The van der Waals surface area contributed by atoms with Crippen molar-refractivity contribution >= 4 is 10.8 Å². The second-order valence-corrected chi connectivity index (χ2v) is 6.17. The zero-order valence-electron chi connectivity index (χ0n) is 12.0. The van der Waals surface area contributed by atoms with Crippen molar-refractivity contribution in [2.45, 2.75) is 46.6 Å². The highest BCUT2D eigenvalue weighted by Crippen LogP contribution is 2.14. The zero-order chi connectivity index (χ0) is 13.3. The van der Waals surface area contributed by atoms with Crippen LogP contribution in [0, 0.1) is 17.8 Å². The smallest absolute Gasteiger partial charge is 0.0601 e. The van der Waals surface area contributed by atoms with Gasteiger partial charge in [-0.1, -0.05) is 39.5 Å². The van der Waals surface area contributed by atoms with E-state index in [0.29, 0.717) is 12.0 Å². The number of hydrogen-bond acceptors (Lipinski definition) is 2. The van der Waals surface area contributed by atoms with Gasteiger partial charge in [0.05, 0.1) is 6.54 Å². The molecule has 0 saturated carbocycles. The Labute approximate surface area is 110 Å². The Bertz CT molecular complexity index is 268. The number of nitrogens with zero attached hydrogens (tertiary/aromatic N) is 1. The maximum Gasteiger partial charge on any atom is 0.0601 e. The highest BCUT2D eigenvalue weighted by Gasteiger charge is 2.20. The van der Waals surface area contributed by atoms with Crippen LogP contribution in [0.3, 0.4) is 0 Å². The molecule has 0 bridgehead atoms. The molecule has 0 aromatic heterocycles. The van der Waals surface area contributed by atoms with Gasteiger partial charge in [-0.15, -0.1) is 0 Å². The van der Waals surface area contributed by atoms with Crippen molar-refractivity contribution in [1.82, 2.24) is 4.90 Å². The van der Waals surface area contributed by atoms with E-state index in [2.05, 4.69) is 37.6 Å². The van der Waals surface area contributed by atoms with Gasteiger partial charge in [0.1, 0.15) is 0 Å². The van der Waals surface area contributed by atoms with E-state index < -0.39 is 10.8 Å². The first-order valence-electron chi connectivity index (χ1n) is 6.63. The third-order valence-electron chi connectivity index (χ3n) is 2.70. The summed E-state index contributed by atoms with van der Waals surface area (Å²) in [5, 5.41) is 0. The third-order valence-corrected chi connectivity index (χ3v) is 4.08. The second-order valence-electron chi connectivity index (χ2n) is 4.47. The summed E-state index contributed by atoms with van der Waals surface area (Å²) < 4.78 is 11.2. The van der Waals surface area contributed by atoms with E-state index in [9.17, 15) is 4.21 Å². The fourth-order valence-electron chi connectivity index (χ4n) is 1.73. The lowest BCUT2D eigenvalue weighted by Gasteiger charge is -2.29. The normalized spacial score (nSPS) is 23.7. The van der Waals surface area contributed by atoms with E-state index in [1.165, 1.54) is 0 Å². The lowest BCUT2D eigenvalue weighted by molar-refractivity contribution is 0.254.